The van der Waals surface area contributed by atoms with Crippen LogP contribution >= 0.6 is 0 Å². The van der Waals surface area contributed by atoms with Crippen molar-refractivity contribution in [1.82, 2.24) is 4.98 Å². The zero-order chi connectivity index (χ0) is 11.0. The lowest BCUT2D eigenvalue weighted by atomic mass is 10.3. The number of fused-ring (bicyclic) bond motifs is 1. The quantitative estimate of drug-likeness (QED) is 0.777. The van der Waals surface area contributed by atoms with Crippen molar-refractivity contribution in [2.75, 3.05) is 11.9 Å². The number of aromatic nitrogens is 1. The van der Waals surface area contributed by atoms with E-state index in [0.717, 1.165) is 10.4 Å². The van der Waals surface area contributed by atoms with Crippen LogP contribution in [0.4, 0.5) is 10.5 Å². The van der Waals surface area contributed by atoms with Gasteiger partial charge in [0.1, 0.15) is 5.52 Å². The minimum absolute atomic E-state index is 0.561. The van der Waals surface area contributed by atoms with E-state index >= 15 is 0 Å². The van der Waals surface area contributed by atoms with Gasteiger partial charge in [-0.25, -0.2) is 9.78 Å². The molecule has 2 aromatic rings. The highest BCUT2D eigenvalue weighted by Crippen LogP contribution is 2.21. The lowest BCUT2D eigenvalue weighted by Gasteiger charge is -2.11. The van der Waals surface area contributed by atoms with Gasteiger partial charge >= 0.3 is 6.09 Å². The molecule has 2 rings (SSSR count). The molecule has 78 valence electrons. The molecule has 0 saturated carbocycles. The van der Waals surface area contributed by atoms with Crippen LogP contribution in [0.25, 0.3) is 11.1 Å². The molecule has 5 heteroatoms. The molecular formula is C10H10N2O3. The Bertz CT molecular complexity index is 518. The maximum atomic E-state index is 10.7. The molecule has 1 heterocycles. The van der Waals surface area contributed by atoms with Crippen molar-refractivity contribution in [2.45, 2.75) is 6.92 Å². The second-order valence-corrected chi connectivity index (χ2v) is 3.23. The predicted octanol–water partition coefficient (Wildman–Crippen LogP) is 2.25. The van der Waals surface area contributed by atoms with E-state index in [1.165, 1.54) is 7.05 Å². The Hall–Kier alpha value is -2.04. The molecule has 0 aliphatic rings. The highest BCUT2D eigenvalue weighted by Gasteiger charge is 2.10. The van der Waals surface area contributed by atoms with E-state index < -0.39 is 6.09 Å². The molecule has 0 saturated heterocycles. The highest BCUT2D eigenvalue weighted by atomic mass is 16.4. The van der Waals surface area contributed by atoms with Crippen LogP contribution in [0.2, 0.25) is 0 Å². The standard InChI is InChI=1S/C10H10N2O3/c1-6-11-8-4-3-7(5-9(8)15-6)12(2)10(13)14/h3-5H,1-2H3,(H,13,14). The van der Waals surface area contributed by atoms with Gasteiger partial charge in [-0.05, 0) is 12.1 Å². The number of nitrogens with zero attached hydrogens (tertiary/aromatic N) is 2. The Kier molecular flexibility index (Phi) is 2.07. The Labute approximate surface area is 85.9 Å². The van der Waals surface area contributed by atoms with Crippen LogP contribution in [0.15, 0.2) is 22.6 Å². The summed E-state index contributed by atoms with van der Waals surface area (Å²) in [6.45, 7) is 1.75. The monoisotopic (exact) mass is 206 g/mol. The first-order chi connectivity index (χ1) is 7.08. The topological polar surface area (TPSA) is 66.6 Å². The largest absolute Gasteiger partial charge is 0.465 e. The van der Waals surface area contributed by atoms with Gasteiger partial charge in [0.25, 0.3) is 0 Å². The van der Waals surface area contributed by atoms with Gasteiger partial charge in [-0.3, -0.25) is 4.90 Å². The summed E-state index contributed by atoms with van der Waals surface area (Å²) in [6, 6.07) is 5.09. The molecule has 1 amide bonds. The summed E-state index contributed by atoms with van der Waals surface area (Å²) in [4.78, 5) is 16.0. The third-order valence-corrected chi connectivity index (χ3v) is 2.15. The van der Waals surface area contributed by atoms with Crippen molar-refractivity contribution in [3.63, 3.8) is 0 Å². The summed E-state index contributed by atoms with van der Waals surface area (Å²) in [5, 5.41) is 8.79. The van der Waals surface area contributed by atoms with Crippen molar-refractivity contribution >= 4 is 22.9 Å². The SMILES string of the molecule is Cc1nc2ccc(N(C)C(=O)O)cc2o1. The second kappa shape index (κ2) is 3.27. The van der Waals surface area contributed by atoms with E-state index in [2.05, 4.69) is 4.98 Å². The summed E-state index contributed by atoms with van der Waals surface area (Å²) in [5.74, 6) is 0.570. The van der Waals surface area contributed by atoms with E-state index in [1.807, 2.05) is 0 Å². The number of anilines is 1. The van der Waals surface area contributed by atoms with E-state index in [9.17, 15) is 4.79 Å². The van der Waals surface area contributed by atoms with Gasteiger partial charge in [0, 0.05) is 20.0 Å². The van der Waals surface area contributed by atoms with Gasteiger partial charge in [-0.2, -0.15) is 0 Å². The number of carboxylic acid groups (broad SMARTS) is 1. The van der Waals surface area contributed by atoms with E-state index in [1.54, 1.807) is 25.1 Å². The molecule has 15 heavy (non-hydrogen) atoms. The molecule has 1 N–H and O–H groups in total. The summed E-state index contributed by atoms with van der Waals surface area (Å²) >= 11 is 0. The Morgan fingerprint density at radius 1 is 1.53 bits per heavy atom. The summed E-state index contributed by atoms with van der Waals surface area (Å²) in [6.07, 6.45) is -1.01. The molecule has 1 aromatic heterocycles. The smallest absolute Gasteiger partial charge is 0.411 e. The Morgan fingerprint density at radius 2 is 2.27 bits per heavy atom. The van der Waals surface area contributed by atoms with Crippen LogP contribution in [0, 0.1) is 6.92 Å². The number of rotatable bonds is 1. The number of carbonyl (C=O) groups is 1. The van der Waals surface area contributed by atoms with Gasteiger partial charge in [0.15, 0.2) is 11.5 Å². The molecule has 0 fully saturated rings. The maximum Gasteiger partial charge on any atom is 0.411 e. The molecule has 0 aliphatic carbocycles. The van der Waals surface area contributed by atoms with Crippen LogP contribution in [0.3, 0.4) is 0 Å². The minimum Gasteiger partial charge on any atom is -0.465 e. The average Bonchev–Trinajstić information content (AvgIpc) is 2.55. The molecule has 0 radical (unpaired) electrons. The van der Waals surface area contributed by atoms with Crippen LogP contribution in [0.5, 0.6) is 0 Å². The molecule has 1 aromatic carbocycles. The summed E-state index contributed by atoms with van der Waals surface area (Å²) in [5.41, 5.74) is 1.89. The molecule has 0 atom stereocenters. The summed E-state index contributed by atoms with van der Waals surface area (Å²) < 4.78 is 5.31. The van der Waals surface area contributed by atoms with Crippen LogP contribution in [-0.4, -0.2) is 23.2 Å². The lowest BCUT2D eigenvalue weighted by molar-refractivity contribution is 0.203. The Balaban J connectivity index is 2.50. The predicted molar refractivity (Wildman–Crippen MR) is 55.2 cm³/mol. The minimum atomic E-state index is -1.01. The van der Waals surface area contributed by atoms with Crippen LogP contribution in [0.1, 0.15) is 5.89 Å². The molecule has 0 bridgehead atoms. The highest BCUT2D eigenvalue weighted by molar-refractivity contribution is 5.88. The fraction of sp³-hybridized carbons (Fsp3) is 0.200. The second-order valence-electron chi connectivity index (χ2n) is 3.23. The normalized spacial score (nSPS) is 10.5. The fourth-order valence-corrected chi connectivity index (χ4v) is 1.35. The molecule has 0 spiro atoms. The zero-order valence-corrected chi connectivity index (χ0v) is 8.39. The third kappa shape index (κ3) is 1.63. The lowest BCUT2D eigenvalue weighted by Crippen LogP contribution is -2.23. The van der Waals surface area contributed by atoms with Crippen LogP contribution in [-0.2, 0) is 0 Å². The first-order valence-corrected chi connectivity index (χ1v) is 4.42. The van der Waals surface area contributed by atoms with Crippen molar-refractivity contribution in [3.8, 4) is 0 Å². The number of oxazole rings is 1. The van der Waals surface area contributed by atoms with Crippen LogP contribution < -0.4 is 4.90 Å². The molecule has 5 nitrogen and oxygen atoms in total. The van der Waals surface area contributed by atoms with Gasteiger partial charge in [0.05, 0.1) is 5.69 Å². The van der Waals surface area contributed by atoms with Gasteiger partial charge in [0.2, 0.25) is 0 Å². The molecule has 0 aliphatic heterocycles. The third-order valence-electron chi connectivity index (χ3n) is 2.15. The van der Waals surface area contributed by atoms with Crippen molar-refractivity contribution < 1.29 is 14.3 Å². The first kappa shape index (κ1) is 9.51. The molecule has 0 unspecified atom stereocenters. The average molecular weight is 206 g/mol. The number of hydrogen-bond acceptors (Lipinski definition) is 3. The van der Waals surface area contributed by atoms with E-state index in [-0.39, 0.29) is 0 Å². The van der Waals surface area contributed by atoms with Gasteiger partial charge < -0.3 is 9.52 Å². The van der Waals surface area contributed by atoms with Crippen molar-refractivity contribution in [3.05, 3.63) is 24.1 Å². The number of amides is 1. The van der Waals surface area contributed by atoms with Crippen molar-refractivity contribution in [2.24, 2.45) is 0 Å². The Morgan fingerprint density at radius 3 is 2.93 bits per heavy atom. The zero-order valence-electron chi connectivity index (χ0n) is 8.39. The van der Waals surface area contributed by atoms with Gasteiger partial charge in [-0.15, -0.1) is 0 Å². The number of aryl methyl sites for hydroxylation is 1. The summed E-state index contributed by atoms with van der Waals surface area (Å²) in [7, 11) is 1.48. The fourth-order valence-electron chi connectivity index (χ4n) is 1.35. The number of hydrogen-bond donors (Lipinski definition) is 1. The van der Waals surface area contributed by atoms with E-state index in [0.29, 0.717) is 17.2 Å². The first-order valence-electron chi connectivity index (χ1n) is 4.42. The molecular weight excluding hydrogens is 196 g/mol. The van der Waals surface area contributed by atoms with Crippen molar-refractivity contribution in [1.29, 1.82) is 0 Å². The number of benzene rings is 1. The van der Waals surface area contributed by atoms with E-state index in [4.69, 9.17) is 9.52 Å². The maximum absolute atomic E-state index is 10.7. The van der Waals surface area contributed by atoms with Gasteiger partial charge in [-0.1, -0.05) is 0 Å².